The maximum atomic E-state index is 12.8. The van der Waals surface area contributed by atoms with Gasteiger partial charge in [0.2, 0.25) is 23.6 Å². The van der Waals surface area contributed by atoms with E-state index in [0.29, 0.717) is 5.69 Å². The number of aromatic nitrogens is 2. The number of hydrogen-bond acceptors (Lipinski definition) is 8. The van der Waals surface area contributed by atoms with Crippen LogP contribution in [0.1, 0.15) is 32.4 Å². The first kappa shape index (κ1) is 27.9. The summed E-state index contributed by atoms with van der Waals surface area (Å²) in [4.78, 5) is 66.8. The van der Waals surface area contributed by atoms with E-state index in [1.807, 2.05) is 13.8 Å². The number of imidazole rings is 1. The van der Waals surface area contributed by atoms with E-state index in [-0.39, 0.29) is 24.5 Å². The average Bonchev–Trinajstić information content (AvgIpc) is 3.22. The van der Waals surface area contributed by atoms with E-state index in [9.17, 15) is 29.1 Å². The Balaban J connectivity index is 2.84. The molecule has 0 aromatic carbocycles. The minimum atomic E-state index is -1.27. The van der Waals surface area contributed by atoms with Gasteiger partial charge >= 0.3 is 5.97 Å². The van der Waals surface area contributed by atoms with Crippen molar-refractivity contribution in [2.75, 3.05) is 5.75 Å². The summed E-state index contributed by atoms with van der Waals surface area (Å²) in [7, 11) is 0. The fourth-order valence-corrected chi connectivity index (χ4v) is 3.10. The molecule has 0 saturated heterocycles. The van der Waals surface area contributed by atoms with Gasteiger partial charge in [-0.15, -0.1) is 0 Å². The molecule has 1 rings (SSSR count). The van der Waals surface area contributed by atoms with Crippen LogP contribution in [0.3, 0.4) is 0 Å². The maximum Gasteiger partial charge on any atom is 0.326 e. The molecule has 184 valence electrons. The second-order valence-electron chi connectivity index (χ2n) is 7.89. The Morgan fingerprint density at radius 1 is 1.06 bits per heavy atom. The highest BCUT2D eigenvalue weighted by Gasteiger charge is 2.30. The highest BCUT2D eigenvalue weighted by Crippen LogP contribution is 2.07. The molecule has 9 N–H and O–H groups in total. The largest absolute Gasteiger partial charge is 0.480 e. The molecule has 13 nitrogen and oxygen atoms in total. The van der Waals surface area contributed by atoms with Crippen LogP contribution in [-0.4, -0.2) is 74.6 Å². The van der Waals surface area contributed by atoms with Gasteiger partial charge in [-0.25, -0.2) is 9.78 Å². The van der Waals surface area contributed by atoms with Crippen LogP contribution >= 0.6 is 12.6 Å². The zero-order valence-electron chi connectivity index (χ0n) is 18.4. The maximum absolute atomic E-state index is 12.8. The van der Waals surface area contributed by atoms with Gasteiger partial charge < -0.3 is 37.5 Å². The SMILES string of the molecule is CC(C)CC(NC(=O)C(N)CC(N)=O)C(=O)NC(CS)C(=O)NC(Cc1cnc[nH]1)C(=O)O. The third-order valence-corrected chi connectivity index (χ3v) is 4.87. The summed E-state index contributed by atoms with van der Waals surface area (Å²) in [5.41, 5.74) is 11.2. The number of H-pyrrole nitrogens is 1. The van der Waals surface area contributed by atoms with Gasteiger partial charge in [0.25, 0.3) is 0 Å². The summed E-state index contributed by atoms with van der Waals surface area (Å²) in [5.74, 6) is -4.36. The zero-order chi connectivity index (χ0) is 25.1. The molecule has 33 heavy (non-hydrogen) atoms. The van der Waals surface area contributed by atoms with Gasteiger partial charge in [0.1, 0.15) is 18.1 Å². The monoisotopic (exact) mass is 485 g/mol. The number of aromatic amines is 1. The lowest BCUT2D eigenvalue weighted by atomic mass is 10.0. The van der Waals surface area contributed by atoms with Crippen molar-refractivity contribution < 1.29 is 29.1 Å². The quantitative estimate of drug-likeness (QED) is 0.133. The Labute approximate surface area is 196 Å². The van der Waals surface area contributed by atoms with Crippen LogP contribution in [-0.2, 0) is 30.4 Å². The van der Waals surface area contributed by atoms with E-state index in [2.05, 4.69) is 38.5 Å². The Morgan fingerprint density at radius 3 is 2.12 bits per heavy atom. The number of carboxylic acids is 1. The summed E-state index contributed by atoms with van der Waals surface area (Å²) >= 11 is 4.07. The van der Waals surface area contributed by atoms with Gasteiger partial charge in [0, 0.05) is 24.1 Å². The van der Waals surface area contributed by atoms with Crippen molar-refractivity contribution in [2.45, 2.75) is 57.3 Å². The van der Waals surface area contributed by atoms with E-state index in [1.54, 1.807) is 0 Å². The molecule has 0 saturated carbocycles. The molecule has 4 atom stereocenters. The summed E-state index contributed by atoms with van der Waals surface area (Å²) in [6.45, 7) is 3.65. The standard InChI is InChI=1S/C19H31N7O6S/c1-9(2)3-12(24-16(28)11(20)5-15(21)27)17(29)26-14(7-33)18(30)25-13(19(31)32)4-10-6-22-8-23-10/h6,8-9,11-14,33H,3-5,7,20H2,1-2H3,(H2,21,27)(H,22,23)(H,24,28)(H,25,30)(H,26,29)(H,31,32). The van der Waals surface area contributed by atoms with Crippen molar-refractivity contribution in [1.82, 2.24) is 25.9 Å². The number of thiol groups is 1. The number of aliphatic carboxylic acids is 1. The molecule has 1 heterocycles. The molecule has 0 aliphatic rings. The van der Waals surface area contributed by atoms with Gasteiger partial charge in [-0.1, -0.05) is 13.8 Å². The summed E-state index contributed by atoms with van der Waals surface area (Å²) in [5, 5.41) is 16.7. The minimum absolute atomic E-state index is 0.0116. The minimum Gasteiger partial charge on any atom is -0.480 e. The number of carbonyl (C=O) groups is 5. The van der Waals surface area contributed by atoms with E-state index >= 15 is 0 Å². The van der Waals surface area contributed by atoms with Crippen molar-refractivity contribution in [2.24, 2.45) is 17.4 Å². The Morgan fingerprint density at radius 2 is 1.64 bits per heavy atom. The summed E-state index contributed by atoms with van der Waals surface area (Å²) in [6, 6.07) is -4.72. The third-order valence-electron chi connectivity index (χ3n) is 4.51. The second kappa shape index (κ2) is 13.4. The lowest BCUT2D eigenvalue weighted by Gasteiger charge is -2.25. The summed E-state index contributed by atoms with van der Waals surface area (Å²) in [6.07, 6.45) is 2.60. The zero-order valence-corrected chi connectivity index (χ0v) is 19.3. The van der Waals surface area contributed by atoms with Crippen LogP contribution < -0.4 is 27.4 Å². The molecule has 0 radical (unpaired) electrons. The van der Waals surface area contributed by atoms with Crippen LogP contribution in [0.25, 0.3) is 0 Å². The first-order valence-corrected chi connectivity index (χ1v) is 10.8. The molecule has 0 aliphatic heterocycles. The van der Waals surface area contributed by atoms with Crippen LogP contribution in [0.2, 0.25) is 0 Å². The fourth-order valence-electron chi connectivity index (χ4n) is 2.85. The van der Waals surface area contributed by atoms with Crippen molar-refractivity contribution in [1.29, 1.82) is 0 Å². The van der Waals surface area contributed by atoms with Gasteiger partial charge in [0.05, 0.1) is 18.8 Å². The topological polar surface area (TPSA) is 222 Å². The molecule has 0 spiro atoms. The lowest BCUT2D eigenvalue weighted by Crippen LogP contribution is -2.58. The van der Waals surface area contributed by atoms with Gasteiger partial charge in [-0.2, -0.15) is 12.6 Å². The van der Waals surface area contributed by atoms with Gasteiger partial charge in [0.15, 0.2) is 0 Å². The molecule has 4 unspecified atom stereocenters. The molecular weight excluding hydrogens is 454 g/mol. The molecule has 1 aromatic heterocycles. The van der Waals surface area contributed by atoms with Crippen molar-refractivity contribution in [3.63, 3.8) is 0 Å². The predicted molar refractivity (Wildman–Crippen MR) is 121 cm³/mol. The highest BCUT2D eigenvalue weighted by molar-refractivity contribution is 7.80. The first-order valence-electron chi connectivity index (χ1n) is 10.2. The Kier molecular flexibility index (Phi) is 11.4. The lowest BCUT2D eigenvalue weighted by molar-refractivity contribution is -0.142. The van der Waals surface area contributed by atoms with Gasteiger partial charge in [-0.05, 0) is 12.3 Å². The third kappa shape index (κ3) is 9.91. The van der Waals surface area contributed by atoms with E-state index in [4.69, 9.17) is 11.5 Å². The van der Waals surface area contributed by atoms with Crippen LogP contribution in [0.5, 0.6) is 0 Å². The summed E-state index contributed by atoms with van der Waals surface area (Å²) < 4.78 is 0. The molecule has 0 aliphatic carbocycles. The number of rotatable bonds is 14. The van der Waals surface area contributed by atoms with Crippen LogP contribution in [0.4, 0.5) is 0 Å². The first-order chi connectivity index (χ1) is 15.4. The van der Waals surface area contributed by atoms with E-state index in [0.717, 1.165) is 0 Å². The number of hydrogen-bond donors (Lipinski definition) is 8. The normalized spacial score (nSPS) is 14.6. The van der Waals surface area contributed by atoms with Crippen molar-refractivity contribution >= 4 is 42.2 Å². The number of amides is 4. The average molecular weight is 486 g/mol. The molecular formula is C19H31N7O6S. The number of nitrogens with zero attached hydrogens (tertiary/aromatic N) is 1. The Bertz CT molecular complexity index is 833. The van der Waals surface area contributed by atoms with Crippen molar-refractivity contribution in [3.8, 4) is 0 Å². The number of primary amides is 1. The predicted octanol–water partition coefficient (Wildman–Crippen LogP) is -2.33. The second-order valence-corrected chi connectivity index (χ2v) is 8.26. The van der Waals surface area contributed by atoms with E-state index < -0.39 is 60.2 Å². The highest BCUT2D eigenvalue weighted by atomic mass is 32.1. The number of carboxylic acid groups (broad SMARTS) is 1. The molecule has 0 fully saturated rings. The molecule has 14 heteroatoms. The molecule has 4 amide bonds. The smallest absolute Gasteiger partial charge is 0.326 e. The number of nitrogens with one attached hydrogen (secondary N) is 4. The molecule has 1 aromatic rings. The van der Waals surface area contributed by atoms with Crippen molar-refractivity contribution in [3.05, 3.63) is 18.2 Å². The van der Waals surface area contributed by atoms with Crippen LogP contribution in [0.15, 0.2) is 12.5 Å². The Hall–Kier alpha value is -3.13. The van der Waals surface area contributed by atoms with Gasteiger partial charge in [-0.3, -0.25) is 19.2 Å². The fraction of sp³-hybridized carbons (Fsp3) is 0.579. The number of carbonyl (C=O) groups excluding carboxylic acids is 4. The van der Waals surface area contributed by atoms with Crippen LogP contribution in [0, 0.1) is 5.92 Å². The number of nitrogens with two attached hydrogens (primary N) is 2. The molecule has 0 bridgehead atoms. The van der Waals surface area contributed by atoms with E-state index in [1.165, 1.54) is 12.5 Å².